The van der Waals surface area contributed by atoms with Gasteiger partial charge in [-0.3, -0.25) is 9.69 Å². The number of carbonyl (C=O) groups is 1. The molecule has 1 unspecified atom stereocenters. The third kappa shape index (κ3) is 7.25. The molecule has 1 atom stereocenters. The largest absolute Gasteiger partial charge is 0.396 e. The van der Waals surface area contributed by atoms with Crippen molar-refractivity contribution in [1.29, 1.82) is 0 Å². The van der Waals surface area contributed by atoms with Gasteiger partial charge < -0.3 is 15.7 Å². The summed E-state index contributed by atoms with van der Waals surface area (Å²) in [6.07, 6.45) is 7.81. The number of carbonyl (C=O) groups excluding carboxylic acids is 1. The Balaban J connectivity index is 2.28. The van der Waals surface area contributed by atoms with Crippen molar-refractivity contribution in [2.75, 3.05) is 39.3 Å². The molecule has 1 amide bonds. The molecule has 0 radical (unpaired) electrons. The fourth-order valence-electron chi connectivity index (χ4n) is 3.04. The van der Waals surface area contributed by atoms with Gasteiger partial charge in [-0.25, -0.2) is 0 Å². The Morgan fingerprint density at radius 2 is 1.76 bits per heavy atom. The van der Waals surface area contributed by atoms with Crippen LogP contribution in [0.1, 0.15) is 51.9 Å². The van der Waals surface area contributed by atoms with Crippen molar-refractivity contribution >= 4 is 5.91 Å². The van der Waals surface area contributed by atoms with E-state index >= 15 is 0 Å². The van der Waals surface area contributed by atoms with E-state index < -0.39 is 0 Å². The molecule has 0 saturated carbocycles. The summed E-state index contributed by atoms with van der Waals surface area (Å²) in [6, 6.07) is -0.0911. The van der Waals surface area contributed by atoms with Gasteiger partial charge in [-0.1, -0.05) is 39.0 Å². The highest BCUT2D eigenvalue weighted by Gasteiger charge is 2.26. The van der Waals surface area contributed by atoms with Crippen LogP contribution in [0.3, 0.4) is 0 Å². The maximum absolute atomic E-state index is 11.7. The first-order valence-corrected chi connectivity index (χ1v) is 8.55. The van der Waals surface area contributed by atoms with Crippen LogP contribution >= 0.6 is 0 Å². The molecule has 1 saturated heterocycles. The molecule has 0 aromatic heterocycles. The molecule has 5 nitrogen and oxygen atoms in total. The molecule has 5 heteroatoms. The van der Waals surface area contributed by atoms with Gasteiger partial charge in [-0.05, 0) is 12.8 Å². The van der Waals surface area contributed by atoms with E-state index in [4.69, 9.17) is 10.8 Å². The zero-order valence-electron chi connectivity index (χ0n) is 13.6. The molecule has 3 N–H and O–H groups in total. The van der Waals surface area contributed by atoms with Crippen molar-refractivity contribution in [3.8, 4) is 0 Å². The second kappa shape index (κ2) is 11.0. The fraction of sp³-hybridized carbons (Fsp3) is 0.938. The minimum Gasteiger partial charge on any atom is -0.396 e. The molecular formula is C16H33N3O2. The number of piperazine rings is 1. The van der Waals surface area contributed by atoms with Crippen LogP contribution in [0.4, 0.5) is 0 Å². The van der Waals surface area contributed by atoms with Crippen molar-refractivity contribution in [3.63, 3.8) is 0 Å². The van der Waals surface area contributed by atoms with Crippen molar-refractivity contribution in [3.05, 3.63) is 0 Å². The topological polar surface area (TPSA) is 69.8 Å². The normalized spacial score (nSPS) is 18.8. The summed E-state index contributed by atoms with van der Waals surface area (Å²) in [4.78, 5) is 16.3. The molecule has 21 heavy (non-hydrogen) atoms. The van der Waals surface area contributed by atoms with Crippen LogP contribution in [0.15, 0.2) is 0 Å². The lowest BCUT2D eigenvalue weighted by Crippen LogP contribution is -2.54. The number of hydrogen-bond acceptors (Lipinski definition) is 4. The lowest BCUT2D eigenvalue weighted by Gasteiger charge is -2.38. The van der Waals surface area contributed by atoms with Gasteiger partial charge in [0.25, 0.3) is 0 Å². The van der Waals surface area contributed by atoms with E-state index in [9.17, 15) is 4.79 Å². The first kappa shape index (κ1) is 18.4. The number of aliphatic hydroxyl groups is 1. The Hall–Kier alpha value is -0.650. The zero-order valence-corrected chi connectivity index (χ0v) is 13.6. The Kier molecular flexibility index (Phi) is 9.63. The number of rotatable bonds is 11. The summed E-state index contributed by atoms with van der Waals surface area (Å²) >= 11 is 0. The van der Waals surface area contributed by atoms with Gasteiger partial charge in [-0.2, -0.15) is 0 Å². The number of amides is 1. The van der Waals surface area contributed by atoms with Crippen molar-refractivity contribution < 1.29 is 9.90 Å². The number of nitrogens with zero attached hydrogens (tertiary/aromatic N) is 2. The lowest BCUT2D eigenvalue weighted by atomic mass is 10.0. The molecule has 0 aromatic rings. The van der Waals surface area contributed by atoms with Gasteiger partial charge in [0.1, 0.15) is 0 Å². The molecule has 124 valence electrons. The SMILES string of the molecule is CCCCCCCC(C(N)=O)N1CCN(CCCO)CC1. The minimum absolute atomic E-state index is 0.0911. The second-order valence-electron chi connectivity index (χ2n) is 6.08. The van der Waals surface area contributed by atoms with Gasteiger partial charge in [-0.15, -0.1) is 0 Å². The van der Waals surface area contributed by atoms with E-state index in [-0.39, 0.29) is 18.6 Å². The first-order valence-electron chi connectivity index (χ1n) is 8.55. The van der Waals surface area contributed by atoms with E-state index in [0.29, 0.717) is 0 Å². The maximum Gasteiger partial charge on any atom is 0.234 e. The van der Waals surface area contributed by atoms with Crippen molar-refractivity contribution in [2.24, 2.45) is 5.73 Å². The second-order valence-corrected chi connectivity index (χ2v) is 6.08. The molecule has 1 aliphatic rings. The Bertz CT molecular complexity index is 279. The Morgan fingerprint density at radius 3 is 2.33 bits per heavy atom. The Morgan fingerprint density at radius 1 is 1.10 bits per heavy atom. The summed E-state index contributed by atoms with van der Waals surface area (Å²) < 4.78 is 0. The van der Waals surface area contributed by atoms with Crippen LogP contribution in [0.5, 0.6) is 0 Å². The van der Waals surface area contributed by atoms with Crippen LogP contribution < -0.4 is 5.73 Å². The summed E-state index contributed by atoms with van der Waals surface area (Å²) in [5.74, 6) is -0.172. The van der Waals surface area contributed by atoms with E-state index in [0.717, 1.165) is 52.0 Å². The first-order chi connectivity index (χ1) is 10.2. The fourth-order valence-corrected chi connectivity index (χ4v) is 3.04. The monoisotopic (exact) mass is 299 g/mol. The lowest BCUT2D eigenvalue weighted by molar-refractivity contribution is -0.124. The van der Waals surface area contributed by atoms with Gasteiger partial charge in [0.15, 0.2) is 0 Å². The van der Waals surface area contributed by atoms with E-state index in [1.807, 2.05) is 0 Å². The van der Waals surface area contributed by atoms with Crippen molar-refractivity contribution in [2.45, 2.75) is 57.9 Å². The number of unbranched alkanes of at least 4 members (excludes halogenated alkanes) is 4. The van der Waals surface area contributed by atoms with Crippen LogP contribution in [-0.2, 0) is 4.79 Å². The molecule has 1 aliphatic heterocycles. The van der Waals surface area contributed by atoms with Gasteiger partial charge >= 0.3 is 0 Å². The summed E-state index contributed by atoms with van der Waals surface area (Å²) in [7, 11) is 0. The molecule has 0 aliphatic carbocycles. The summed E-state index contributed by atoms with van der Waals surface area (Å²) in [5.41, 5.74) is 5.60. The molecule has 0 bridgehead atoms. The highest BCUT2D eigenvalue weighted by atomic mass is 16.3. The van der Waals surface area contributed by atoms with Crippen LogP contribution in [0.25, 0.3) is 0 Å². The van der Waals surface area contributed by atoms with E-state index in [2.05, 4.69) is 16.7 Å². The van der Waals surface area contributed by atoms with Gasteiger partial charge in [0.05, 0.1) is 6.04 Å². The van der Waals surface area contributed by atoms with Crippen molar-refractivity contribution in [1.82, 2.24) is 9.80 Å². The molecule has 1 heterocycles. The smallest absolute Gasteiger partial charge is 0.234 e. The van der Waals surface area contributed by atoms with Crippen LogP contribution in [-0.4, -0.2) is 66.2 Å². The molecule has 0 aromatic carbocycles. The minimum atomic E-state index is -0.172. The average molecular weight is 299 g/mol. The molecule has 1 fully saturated rings. The van der Waals surface area contributed by atoms with E-state index in [1.54, 1.807) is 0 Å². The number of hydrogen-bond donors (Lipinski definition) is 2. The van der Waals surface area contributed by atoms with Crippen LogP contribution in [0.2, 0.25) is 0 Å². The van der Waals surface area contributed by atoms with E-state index in [1.165, 1.54) is 25.7 Å². The van der Waals surface area contributed by atoms with Crippen LogP contribution in [0, 0.1) is 0 Å². The Labute approximate surface area is 129 Å². The van der Waals surface area contributed by atoms with Gasteiger partial charge in [0, 0.05) is 39.3 Å². The molecule has 0 spiro atoms. The number of nitrogens with two attached hydrogens (primary N) is 1. The highest BCUT2D eigenvalue weighted by molar-refractivity contribution is 5.79. The average Bonchev–Trinajstić information content (AvgIpc) is 2.49. The predicted octanol–water partition coefficient (Wildman–Crippen LogP) is 1.20. The number of primary amides is 1. The highest BCUT2D eigenvalue weighted by Crippen LogP contribution is 2.14. The predicted molar refractivity (Wildman–Crippen MR) is 86.1 cm³/mol. The third-order valence-corrected chi connectivity index (χ3v) is 4.39. The maximum atomic E-state index is 11.7. The molecule has 1 rings (SSSR count). The quantitative estimate of drug-likeness (QED) is 0.563. The summed E-state index contributed by atoms with van der Waals surface area (Å²) in [5, 5.41) is 8.87. The number of aliphatic hydroxyl groups excluding tert-OH is 1. The zero-order chi connectivity index (χ0) is 15.5. The standard InChI is InChI=1S/C16H33N3O2/c1-2-3-4-5-6-8-15(16(17)21)19-12-10-18(11-13-19)9-7-14-20/h15,20H,2-14H2,1H3,(H2,17,21). The third-order valence-electron chi connectivity index (χ3n) is 4.39. The summed E-state index contributed by atoms with van der Waals surface area (Å²) in [6.45, 7) is 7.17. The molecular weight excluding hydrogens is 266 g/mol. The van der Waals surface area contributed by atoms with Gasteiger partial charge in [0.2, 0.25) is 5.91 Å².